The van der Waals surface area contributed by atoms with Crippen molar-refractivity contribution in [2.75, 3.05) is 13.2 Å². The van der Waals surface area contributed by atoms with Crippen molar-refractivity contribution in [3.63, 3.8) is 0 Å². The van der Waals surface area contributed by atoms with Crippen molar-refractivity contribution in [3.05, 3.63) is 92.7 Å². The quantitative estimate of drug-likeness (QED) is 0.223. The van der Waals surface area contributed by atoms with Gasteiger partial charge in [0.05, 0.1) is 22.1 Å². The van der Waals surface area contributed by atoms with E-state index in [4.69, 9.17) is 0 Å². The Bertz CT molecular complexity index is 1700. The van der Waals surface area contributed by atoms with Gasteiger partial charge in [0, 0.05) is 22.1 Å². The Hall–Kier alpha value is -4.88. The molecule has 8 nitrogen and oxygen atoms in total. The van der Waals surface area contributed by atoms with Crippen LogP contribution in [0, 0.1) is 0 Å². The van der Waals surface area contributed by atoms with Crippen LogP contribution >= 0.6 is 0 Å². The fraction of sp³-hybridized carbons (Fsp3) is 0.154. The lowest BCUT2D eigenvalue weighted by Gasteiger charge is -2.09. The first-order chi connectivity index (χ1) is 18.8. The number of aromatic nitrogens is 4. The van der Waals surface area contributed by atoms with Gasteiger partial charge in [-0.3, -0.25) is 0 Å². The lowest BCUT2D eigenvalue weighted by molar-refractivity contribution is -0.182. The molecule has 4 aromatic rings. The van der Waals surface area contributed by atoms with E-state index in [2.05, 4.69) is 29.4 Å². The topological polar surface area (TPSA) is 116 Å². The number of aromatic amines is 4. The van der Waals surface area contributed by atoms with Gasteiger partial charge in [0.2, 0.25) is 0 Å². The van der Waals surface area contributed by atoms with E-state index in [1.165, 1.54) is 24.3 Å². The van der Waals surface area contributed by atoms with Crippen LogP contribution < -0.4 is 21.4 Å². The third-order valence-electron chi connectivity index (χ3n) is 5.68. The Morgan fingerprint density at radius 1 is 0.575 bits per heavy atom. The van der Waals surface area contributed by atoms with Crippen LogP contribution in [-0.2, 0) is 19.1 Å². The average molecular weight is 564 g/mol. The number of carbonyl (C=O) groups is 2. The van der Waals surface area contributed by atoms with Gasteiger partial charge in [-0.05, 0) is 60.7 Å². The lowest BCUT2D eigenvalue weighted by Crippen LogP contribution is -2.25. The number of alkyl halides is 6. The molecular formula is C26H18F6N4O4. The van der Waals surface area contributed by atoms with Gasteiger partial charge in [-0.1, -0.05) is 0 Å². The molecule has 8 bridgehead atoms. The summed E-state index contributed by atoms with van der Waals surface area (Å²) in [7, 11) is 0. The zero-order valence-electron chi connectivity index (χ0n) is 20.1. The van der Waals surface area contributed by atoms with Gasteiger partial charge < -0.3 is 29.4 Å². The highest BCUT2D eigenvalue weighted by Crippen LogP contribution is 2.20. The molecule has 0 saturated carbocycles. The first kappa shape index (κ1) is 26.7. The zero-order chi connectivity index (χ0) is 28.7. The van der Waals surface area contributed by atoms with Crippen molar-refractivity contribution < 1.29 is 45.4 Å². The molecule has 0 saturated heterocycles. The smallest absolute Gasteiger partial charge is 0.422 e. The number of H-pyrrole nitrogens is 4. The molecule has 0 aliphatic carbocycles. The largest absolute Gasteiger partial charge is 0.452 e. The molecule has 14 heteroatoms. The van der Waals surface area contributed by atoms with Gasteiger partial charge in [-0.15, -0.1) is 0 Å². The summed E-state index contributed by atoms with van der Waals surface area (Å²) in [5.41, 5.74) is 0.819. The van der Waals surface area contributed by atoms with Gasteiger partial charge in [0.25, 0.3) is 0 Å². The van der Waals surface area contributed by atoms with Crippen LogP contribution in [0.15, 0.2) is 48.5 Å². The highest BCUT2D eigenvalue weighted by molar-refractivity contribution is 6.16. The molecule has 1 aliphatic rings. The van der Waals surface area contributed by atoms with Crippen LogP contribution in [-0.4, -0.2) is 57.4 Å². The van der Waals surface area contributed by atoms with E-state index >= 15 is 0 Å². The fourth-order valence-corrected chi connectivity index (χ4v) is 4.07. The van der Waals surface area contributed by atoms with Crippen LogP contribution in [0.3, 0.4) is 0 Å². The molecule has 0 spiro atoms. The van der Waals surface area contributed by atoms with Crippen LogP contribution in [0.5, 0.6) is 0 Å². The van der Waals surface area contributed by atoms with Gasteiger partial charge in [-0.2, -0.15) is 26.3 Å². The van der Waals surface area contributed by atoms with E-state index in [0.717, 1.165) is 0 Å². The molecule has 0 fully saturated rings. The van der Waals surface area contributed by atoms with Gasteiger partial charge in [0.15, 0.2) is 13.2 Å². The lowest BCUT2D eigenvalue weighted by atomic mass is 10.2. The number of ether oxygens (including phenoxy) is 2. The summed E-state index contributed by atoms with van der Waals surface area (Å²) in [6, 6.07) is 12.1. The minimum Gasteiger partial charge on any atom is -0.452 e. The van der Waals surface area contributed by atoms with E-state index in [-0.39, 0.29) is 33.2 Å². The number of rotatable bonds is 4. The number of halogens is 6. The van der Waals surface area contributed by atoms with Crippen molar-refractivity contribution in [2.24, 2.45) is 0 Å². The molecule has 0 amide bonds. The van der Waals surface area contributed by atoms with Crippen molar-refractivity contribution in [2.45, 2.75) is 12.4 Å². The molecule has 208 valence electrons. The first-order valence-electron chi connectivity index (χ1n) is 11.5. The first-order valence-corrected chi connectivity index (χ1v) is 11.5. The Balaban J connectivity index is 1.68. The molecule has 4 N–H and O–H groups in total. The third kappa shape index (κ3) is 6.06. The SMILES string of the molecule is O=C(OCC(F)(F)F)C1=c2ccc([nH]2)=Cc2ccc([nH]2)C(C(=O)OCC(F)(F)F)=c2ccc([nH]2)=Cc2ccc1[nH]2. The summed E-state index contributed by atoms with van der Waals surface area (Å²) in [6.07, 6.45) is -6.32. The summed E-state index contributed by atoms with van der Waals surface area (Å²) in [6.45, 7) is -3.54. The van der Waals surface area contributed by atoms with Gasteiger partial charge >= 0.3 is 24.3 Å². The summed E-state index contributed by atoms with van der Waals surface area (Å²) >= 11 is 0. The normalized spacial score (nSPS) is 13.4. The summed E-state index contributed by atoms with van der Waals surface area (Å²) in [4.78, 5) is 37.3. The molecule has 40 heavy (non-hydrogen) atoms. The highest BCUT2D eigenvalue weighted by Gasteiger charge is 2.32. The van der Waals surface area contributed by atoms with Crippen molar-refractivity contribution in [3.8, 4) is 0 Å². The summed E-state index contributed by atoms with van der Waals surface area (Å²) in [5, 5.41) is 1.16. The second-order valence-corrected chi connectivity index (χ2v) is 8.73. The van der Waals surface area contributed by atoms with Crippen LogP contribution in [0.1, 0.15) is 22.8 Å². The Morgan fingerprint density at radius 3 is 1.35 bits per heavy atom. The van der Waals surface area contributed by atoms with Gasteiger partial charge in [0.1, 0.15) is 11.1 Å². The van der Waals surface area contributed by atoms with Crippen LogP contribution in [0.25, 0.3) is 23.3 Å². The van der Waals surface area contributed by atoms with Crippen LogP contribution in [0.2, 0.25) is 0 Å². The molecular weight excluding hydrogens is 546 g/mol. The number of hydrogen-bond acceptors (Lipinski definition) is 4. The molecule has 0 aromatic carbocycles. The monoisotopic (exact) mass is 564 g/mol. The van der Waals surface area contributed by atoms with E-state index in [9.17, 15) is 35.9 Å². The van der Waals surface area contributed by atoms with Crippen molar-refractivity contribution in [1.82, 2.24) is 19.9 Å². The maximum atomic E-state index is 12.8. The Kier molecular flexibility index (Phi) is 6.69. The fourth-order valence-electron chi connectivity index (χ4n) is 4.07. The predicted molar refractivity (Wildman–Crippen MR) is 128 cm³/mol. The molecule has 0 unspecified atom stereocenters. The van der Waals surface area contributed by atoms with Crippen molar-refractivity contribution >= 4 is 35.2 Å². The Morgan fingerprint density at radius 2 is 0.975 bits per heavy atom. The summed E-state index contributed by atoms with van der Waals surface area (Å²) < 4.78 is 85.4. The van der Waals surface area contributed by atoms with E-state index < -0.39 is 37.5 Å². The number of nitrogens with one attached hydrogen (secondary N) is 4. The Labute approximate surface area is 219 Å². The zero-order valence-corrected chi connectivity index (χ0v) is 20.1. The highest BCUT2D eigenvalue weighted by atomic mass is 19.4. The molecule has 0 radical (unpaired) electrons. The standard InChI is InChI=1S/C26H18F6N4O4/c27-25(28,29)11-39-23(37)21-17-5-1-13(33-17)9-14-2-6-19(34-14)22(24(38)40-12-26(30,31)32)20-8-4-16(36-20)10-15-3-7-18(21)35-15/h1-10,33-36H,11-12H2. The maximum absolute atomic E-state index is 12.8. The molecule has 4 aromatic heterocycles. The minimum atomic E-state index is -4.72. The number of fused-ring (bicyclic) bond motifs is 8. The number of carbonyl (C=O) groups excluding carboxylic acids is 2. The second-order valence-electron chi connectivity index (χ2n) is 8.73. The summed E-state index contributed by atoms with van der Waals surface area (Å²) in [5.74, 6) is -2.41. The van der Waals surface area contributed by atoms with Crippen molar-refractivity contribution in [1.29, 1.82) is 0 Å². The minimum absolute atomic E-state index is 0.163. The van der Waals surface area contributed by atoms with E-state index in [1.807, 2.05) is 0 Å². The molecule has 0 atom stereocenters. The second kappa shape index (κ2) is 10.0. The predicted octanol–water partition coefficient (Wildman–Crippen LogP) is 1.58. The molecule has 1 aliphatic heterocycles. The van der Waals surface area contributed by atoms with E-state index in [1.54, 1.807) is 36.4 Å². The maximum Gasteiger partial charge on any atom is 0.422 e. The third-order valence-corrected chi connectivity index (χ3v) is 5.68. The number of esters is 2. The molecule has 5 rings (SSSR count). The van der Waals surface area contributed by atoms with Gasteiger partial charge in [-0.25, -0.2) is 9.59 Å². The number of hydrogen-bond donors (Lipinski definition) is 4. The van der Waals surface area contributed by atoms with Crippen LogP contribution in [0.4, 0.5) is 26.3 Å². The average Bonchev–Trinajstić information content (AvgIpc) is 3.66. The molecule has 5 heterocycles. The van der Waals surface area contributed by atoms with E-state index in [0.29, 0.717) is 22.1 Å².